The summed E-state index contributed by atoms with van der Waals surface area (Å²) >= 11 is 0. The van der Waals surface area contributed by atoms with E-state index >= 15 is 4.39 Å². The number of hydrogen-bond acceptors (Lipinski definition) is 8. The van der Waals surface area contributed by atoms with Crippen molar-refractivity contribution in [1.82, 2.24) is 0 Å². The average molecular weight is 617 g/mol. The van der Waals surface area contributed by atoms with Gasteiger partial charge >= 0.3 is 0 Å². The summed E-state index contributed by atoms with van der Waals surface area (Å²) < 4.78 is 29.4. The summed E-state index contributed by atoms with van der Waals surface area (Å²) in [7, 11) is 0. The molecule has 0 amide bonds. The van der Waals surface area contributed by atoms with Crippen molar-refractivity contribution in [3.63, 3.8) is 0 Å². The number of nitrogens with one attached hydrogen (secondary N) is 1. The molecule has 45 heavy (non-hydrogen) atoms. The number of anilines is 2. The summed E-state index contributed by atoms with van der Waals surface area (Å²) in [5, 5.41) is 25.3. The predicted octanol–water partition coefficient (Wildman–Crippen LogP) is 4.93. The number of Topliss-reactive ketones (excluding diaryl/α,β-unsaturated/α-hetero) is 1. The molecule has 8 nitrogen and oxygen atoms in total. The van der Waals surface area contributed by atoms with E-state index in [0.717, 1.165) is 24.0 Å². The quantitative estimate of drug-likeness (QED) is 0.336. The maximum Gasteiger partial charge on any atom is 0.193 e. The van der Waals surface area contributed by atoms with E-state index in [1.54, 1.807) is 37.3 Å². The number of hydrogen-bond donors (Lipinski definition) is 4. The molecule has 0 unspecified atom stereocenters. The van der Waals surface area contributed by atoms with Crippen molar-refractivity contribution >= 4 is 22.9 Å². The van der Waals surface area contributed by atoms with Gasteiger partial charge in [-0.05, 0) is 85.9 Å². The molecule has 238 valence electrons. The fraction of sp³-hybridized carbons (Fsp3) is 0.500. The number of halogens is 1. The normalized spacial score (nSPS) is 38.2. The second kappa shape index (κ2) is 10.6. The third-order valence-electron chi connectivity index (χ3n) is 11.9. The topological polar surface area (TPSA) is 131 Å². The van der Waals surface area contributed by atoms with Crippen molar-refractivity contribution in [2.45, 2.75) is 77.1 Å². The lowest BCUT2D eigenvalue weighted by Gasteiger charge is -2.59. The number of ketones is 2. The number of rotatable bonds is 6. The largest absolute Gasteiger partial charge is 0.399 e. The van der Waals surface area contributed by atoms with E-state index in [-0.39, 0.29) is 41.2 Å². The van der Waals surface area contributed by atoms with Gasteiger partial charge < -0.3 is 30.7 Å². The van der Waals surface area contributed by atoms with Gasteiger partial charge in [-0.15, -0.1) is 0 Å². The zero-order valence-corrected chi connectivity index (χ0v) is 25.9. The Balaban J connectivity index is 1.21. The first-order valence-corrected chi connectivity index (χ1v) is 15.9. The highest BCUT2D eigenvalue weighted by Gasteiger charge is 2.76. The number of allylic oxidation sites excluding steroid dienone is 4. The van der Waals surface area contributed by atoms with E-state index in [1.807, 2.05) is 31.2 Å². The number of aryl methyl sites for hydroxylation is 1. The molecule has 4 aliphatic carbocycles. The lowest BCUT2D eigenvalue weighted by atomic mass is 9.46. The van der Waals surface area contributed by atoms with Gasteiger partial charge in [-0.25, -0.2) is 4.39 Å². The van der Waals surface area contributed by atoms with Gasteiger partial charge in [0, 0.05) is 34.5 Å². The van der Waals surface area contributed by atoms with Crippen LogP contribution in [-0.4, -0.2) is 46.2 Å². The number of aliphatic hydroxyl groups is 2. The first-order valence-electron chi connectivity index (χ1n) is 15.9. The summed E-state index contributed by atoms with van der Waals surface area (Å²) in [6.07, 6.45) is 4.80. The van der Waals surface area contributed by atoms with Crippen LogP contribution in [0, 0.1) is 41.3 Å². The fourth-order valence-electron chi connectivity index (χ4n) is 9.83. The average Bonchev–Trinajstić information content (AvgIpc) is 3.49. The van der Waals surface area contributed by atoms with Gasteiger partial charge in [0.2, 0.25) is 0 Å². The minimum absolute atomic E-state index is 0.0293. The molecule has 5 aliphatic rings. The number of nitrogen functional groups attached to an aromatic ring is 1. The van der Waals surface area contributed by atoms with E-state index in [4.69, 9.17) is 15.2 Å². The van der Waals surface area contributed by atoms with Crippen LogP contribution >= 0.6 is 0 Å². The van der Waals surface area contributed by atoms with Crippen molar-refractivity contribution in [2.75, 3.05) is 17.7 Å². The Bertz CT molecular complexity index is 1640. The number of benzene rings is 2. The van der Waals surface area contributed by atoms with Crippen molar-refractivity contribution in [2.24, 2.45) is 28.6 Å². The van der Waals surface area contributed by atoms with Gasteiger partial charge in [-0.3, -0.25) is 9.59 Å². The summed E-state index contributed by atoms with van der Waals surface area (Å²) in [5.74, 6) is -1.22. The number of carbonyl (C=O) groups excluding carboxylic acids is 2. The third kappa shape index (κ3) is 4.31. The van der Waals surface area contributed by atoms with E-state index in [2.05, 4.69) is 12.2 Å². The SMILES string of the molecule is Cc1ccc(NCc2cccc(N)c2)c(F)c1[C@H]1O[C@@H]2C[C@H]3[C@@H]4CCC5=CC(=O)C=C[C@]5(C)[C@H]4[C@@H](O)C[C@]3(C)[C@]2(C(=O)CO)O1. The van der Waals surface area contributed by atoms with E-state index in [9.17, 15) is 19.8 Å². The van der Waals surface area contributed by atoms with E-state index in [1.165, 1.54) is 0 Å². The molecule has 3 saturated carbocycles. The summed E-state index contributed by atoms with van der Waals surface area (Å²) in [5.41, 5.74) is 6.66. The molecule has 7 rings (SSSR count). The molecular weight excluding hydrogens is 575 g/mol. The highest BCUT2D eigenvalue weighted by molar-refractivity contribution is 6.01. The minimum atomic E-state index is -1.55. The molecule has 2 aromatic rings. The third-order valence-corrected chi connectivity index (χ3v) is 11.9. The van der Waals surface area contributed by atoms with Crippen LogP contribution in [0.2, 0.25) is 0 Å². The molecule has 2 aromatic carbocycles. The van der Waals surface area contributed by atoms with E-state index in [0.29, 0.717) is 24.2 Å². The van der Waals surface area contributed by atoms with Crippen LogP contribution in [0.4, 0.5) is 15.8 Å². The lowest BCUT2D eigenvalue weighted by molar-refractivity contribution is -0.201. The van der Waals surface area contributed by atoms with Crippen molar-refractivity contribution in [3.8, 4) is 0 Å². The summed E-state index contributed by atoms with van der Waals surface area (Å²) in [6.45, 7) is 5.44. The Morgan fingerprint density at radius 2 is 2.02 bits per heavy atom. The zero-order valence-electron chi connectivity index (χ0n) is 25.9. The molecule has 0 spiro atoms. The molecule has 4 fully saturated rings. The van der Waals surface area contributed by atoms with Gasteiger partial charge in [0.25, 0.3) is 0 Å². The number of ether oxygens (including phenoxy) is 2. The molecule has 9 heteroatoms. The Morgan fingerprint density at radius 1 is 1.22 bits per heavy atom. The number of aliphatic hydroxyl groups excluding tert-OH is 2. The highest BCUT2D eigenvalue weighted by Crippen LogP contribution is 2.70. The molecule has 9 atom stereocenters. The Morgan fingerprint density at radius 3 is 2.78 bits per heavy atom. The molecule has 0 aromatic heterocycles. The number of nitrogens with two attached hydrogens (primary N) is 1. The number of carbonyl (C=O) groups is 2. The van der Waals surface area contributed by atoms with Crippen molar-refractivity contribution in [1.29, 1.82) is 0 Å². The van der Waals surface area contributed by atoms with Crippen LogP contribution in [0.1, 0.15) is 62.5 Å². The van der Waals surface area contributed by atoms with Gasteiger partial charge in [-0.2, -0.15) is 0 Å². The number of fused-ring (bicyclic) bond motifs is 7. The van der Waals surface area contributed by atoms with Crippen molar-refractivity contribution < 1.29 is 33.7 Å². The molecular formula is C36H41FN2O6. The van der Waals surface area contributed by atoms with Gasteiger partial charge in [0.05, 0.1) is 17.9 Å². The van der Waals surface area contributed by atoms with Crippen LogP contribution < -0.4 is 11.1 Å². The maximum atomic E-state index is 16.2. The van der Waals surface area contributed by atoms with Gasteiger partial charge in [-0.1, -0.05) is 43.7 Å². The van der Waals surface area contributed by atoms with Gasteiger partial charge in [0.1, 0.15) is 6.61 Å². The fourth-order valence-corrected chi connectivity index (χ4v) is 9.83. The second-order valence-electron chi connectivity index (χ2n) is 14.1. The van der Waals surface area contributed by atoms with Gasteiger partial charge in [0.15, 0.2) is 29.3 Å². The lowest BCUT2D eigenvalue weighted by Crippen LogP contribution is -2.63. The summed E-state index contributed by atoms with van der Waals surface area (Å²) in [4.78, 5) is 26.1. The molecule has 1 heterocycles. The molecule has 1 aliphatic heterocycles. The minimum Gasteiger partial charge on any atom is -0.399 e. The Labute approximate surface area is 262 Å². The second-order valence-corrected chi connectivity index (χ2v) is 14.1. The predicted molar refractivity (Wildman–Crippen MR) is 166 cm³/mol. The molecule has 5 N–H and O–H groups in total. The Hall–Kier alpha value is -3.37. The molecule has 0 bridgehead atoms. The van der Waals surface area contributed by atoms with Crippen LogP contribution in [0.15, 0.2) is 60.2 Å². The highest BCUT2D eigenvalue weighted by atomic mass is 19.1. The monoisotopic (exact) mass is 616 g/mol. The molecule has 1 saturated heterocycles. The van der Waals surface area contributed by atoms with Crippen LogP contribution in [0.25, 0.3) is 0 Å². The smallest absolute Gasteiger partial charge is 0.193 e. The van der Waals surface area contributed by atoms with Crippen molar-refractivity contribution in [3.05, 3.63) is 82.7 Å². The molecule has 0 radical (unpaired) electrons. The van der Waals surface area contributed by atoms with E-state index < -0.39 is 53.1 Å². The standard InChI is InChI=1S/C36H41FN2O6/c1-19-7-10-26(39-17-20-5-4-6-22(38)13-20)32(37)30(19)33-44-29-15-25-24-9-8-21-14-23(41)11-12-34(21,2)31(24)27(42)16-35(25,3)36(29,45-33)28(43)18-40/h4-7,10-14,24-25,27,29,31,33,39-40,42H,8-9,15-18,38H2,1-3H3/t24-,25-,27-,29+,31+,33-,34-,35-,36+/m0/s1. The first kappa shape index (κ1) is 30.3. The van der Waals surface area contributed by atoms with Crippen LogP contribution in [-0.2, 0) is 25.6 Å². The summed E-state index contributed by atoms with van der Waals surface area (Å²) in [6, 6.07) is 10.8. The van der Waals surface area contributed by atoms with Crippen LogP contribution in [0.5, 0.6) is 0 Å². The Kier molecular flexibility index (Phi) is 7.13. The first-order chi connectivity index (χ1) is 21.4. The maximum absolute atomic E-state index is 16.2. The van der Waals surface area contributed by atoms with Crippen LogP contribution in [0.3, 0.4) is 0 Å². The zero-order chi connectivity index (χ0) is 31.9.